The lowest BCUT2D eigenvalue weighted by atomic mass is 10.0. The summed E-state index contributed by atoms with van der Waals surface area (Å²) in [6, 6.07) is 21.2. The van der Waals surface area contributed by atoms with Crippen molar-refractivity contribution in [3.05, 3.63) is 82.9 Å². The fourth-order valence-corrected chi connectivity index (χ4v) is 3.45. The molecule has 0 unspecified atom stereocenters. The number of hydrogen-bond donors (Lipinski definition) is 1. The number of para-hydroxylation sites is 1. The molecule has 3 aromatic carbocycles. The third-order valence-electron chi connectivity index (χ3n) is 4.82. The molecule has 0 bridgehead atoms. The van der Waals surface area contributed by atoms with Crippen molar-refractivity contribution in [2.75, 3.05) is 13.6 Å². The van der Waals surface area contributed by atoms with Crippen LogP contribution in [0, 0.1) is 5.41 Å². The summed E-state index contributed by atoms with van der Waals surface area (Å²) in [5, 5.41) is 11.0. The second kappa shape index (κ2) is 7.49. The minimum absolute atomic E-state index is 0.215. The molecule has 0 aliphatic carbocycles. The van der Waals surface area contributed by atoms with Gasteiger partial charge in [0.25, 0.3) is 0 Å². The Balaban J connectivity index is 1.97. The van der Waals surface area contributed by atoms with Gasteiger partial charge in [0.05, 0.1) is 5.02 Å². The monoisotopic (exact) mass is 389 g/mol. The highest BCUT2D eigenvalue weighted by Crippen LogP contribution is 2.36. The maximum absolute atomic E-state index is 8.49. The lowest BCUT2D eigenvalue weighted by Gasteiger charge is -2.20. The molecule has 0 fully saturated rings. The zero-order chi connectivity index (χ0) is 19.7. The van der Waals surface area contributed by atoms with E-state index in [1.54, 1.807) is 0 Å². The molecule has 0 radical (unpaired) electrons. The average molecular weight is 390 g/mol. The molecule has 5 heteroatoms. The van der Waals surface area contributed by atoms with E-state index in [1.807, 2.05) is 78.7 Å². The summed E-state index contributed by atoms with van der Waals surface area (Å²) in [6.07, 6.45) is 0. The first-order valence-electron chi connectivity index (χ1n) is 9.14. The molecule has 140 valence electrons. The molecule has 1 heterocycles. The van der Waals surface area contributed by atoms with E-state index in [9.17, 15) is 0 Å². The third-order valence-corrected chi connectivity index (χ3v) is 5.12. The van der Waals surface area contributed by atoms with E-state index >= 15 is 0 Å². The molecule has 4 rings (SSSR count). The number of hydrogen-bond acceptors (Lipinski definition) is 2. The van der Waals surface area contributed by atoms with Crippen molar-refractivity contribution >= 4 is 45.2 Å². The van der Waals surface area contributed by atoms with Crippen molar-refractivity contribution in [2.45, 2.75) is 6.92 Å². The van der Waals surface area contributed by atoms with Crippen LogP contribution in [0.5, 0.6) is 0 Å². The Hall–Kier alpha value is -3.11. The quantitative estimate of drug-likeness (QED) is 0.347. The molecule has 0 saturated heterocycles. The second-order valence-corrected chi connectivity index (χ2v) is 6.97. The number of halogens is 1. The Morgan fingerprint density at radius 2 is 1.75 bits per heavy atom. The highest BCUT2D eigenvalue weighted by molar-refractivity contribution is 6.37. The van der Waals surface area contributed by atoms with Crippen molar-refractivity contribution in [2.24, 2.45) is 4.99 Å². The number of furan rings is 1. The Kier molecular flexibility index (Phi) is 4.88. The molecule has 1 N–H and O–H groups in total. The summed E-state index contributed by atoms with van der Waals surface area (Å²) in [5.74, 6) is 0.927. The van der Waals surface area contributed by atoms with Crippen molar-refractivity contribution < 1.29 is 4.42 Å². The Labute approximate surface area is 168 Å². The van der Waals surface area contributed by atoms with Crippen LogP contribution in [0.1, 0.15) is 18.1 Å². The van der Waals surface area contributed by atoms with Crippen LogP contribution < -0.4 is 0 Å². The SMILES string of the molecule is CCN(C)C(=NC(=N)c1ccccc1)c1ccc(Cl)c2oc3ccccc3c12. The average Bonchev–Trinajstić information content (AvgIpc) is 3.13. The number of fused-ring (bicyclic) bond motifs is 3. The van der Waals surface area contributed by atoms with Gasteiger partial charge in [-0.1, -0.05) is 60.1 Å². The van der Waals surface area contributed by atoms with Crippen LogP contribution in [-0.2, 0) is 0 Å². The molecular weight excluding hydrogens is 370 g/mol. The van der Waals surface area contributed by atoms with Gasteiger partial charge in [0.15, 0.2) is 11.4 Å². The van der Waals surface area contributed by atoms with Gasteiger partial charge in [-0.05, 0) is 25.1 Å². The Bertz CT molecular complexity index is 1190. The van der Waals surface area contributed by atoms with Crippen LogP contribution in [0.3, 0.4) is 0 Å². The minimum Gasteiger partial charge on any atom is -0.454 e. The molecule has 0 aliphatic rings. The Morgan fingerprint density at radius 3 is 2.50 bits per heavy atom. The van der Waals surface area contributed by atoms with Crippen molar-refractivity contribution in [3.63, 3.8) is 0 Å². The molecule has 4 aromatic rings. The third kappa shape index (κ3) is 3.16. The van der Waals surface area contributed by atoms with E-state index < -0.39 is 0 Å². The van der Waals surface area contributed by atoms with E-state index in [0.717, 1.165) is 34.0 Å². The maximum atomic E-state index is 8.49. The number of benzene rings is 3. The fourth-order valence-electron chi connectivity index (χ4n) is 3.25. The van der Waals surface area contributed by atoms with Crippen molar-refractivity contribution in [1.29, 1.82) is 5.41 Å². The first-order valence-corrected chi connectivity index (χ1v) is 9.52. The van der Waals surface area contributed by atoms with Gasteiger partial charge in [0.1, 0.15) is 11.4 Å². The lowest BCUT2D eigenvalue weighted by molar-refractivity contribution is 0.537. The molecule has 0 saturated carbocycles. The number of nitrogens with zero attached hydrogens (tertiary/aromatic N) is 2. The topological polar surface area (TPSA) is 52.6 Å². The minimum atomic E-state index is 0.215. The van der Waals surface area contributed by atoms with Crippen molar-refractivity contribution in [3.8, 4) is 0 Å². The van der Waals surface area contributed by atoms with Gasteiger partial charge >= 0.3 is 0 Å². The number of amidine groups is 2. The van der Waals surface area contributed by atoms with Crippen LogP contribution in [0.15, 0.2) is 76.1 Å². The molecule has 0 spiro atoms. The Morgan fingerprint density at radius 1 is 1.04 bits per heavy atom. The molecular formula is C23H20ClN3O. The zero-order valence-corrected chi connectivity index (χ0v) is 16.5. The molecule has 0 amide bonds. The van der Waals surface area contributed by atoms with Gasteiger partial charge in [-0.25, -0.2) is 4.99 Å². The van der Waals surface area contributed by atoms with Gasteiger partial charge in [-0.15, -0.1) is 0 Å². The number of rotatable bonds is 3. The predicted octanol–water partition coefficient (Wildman–Crippen LogP) is 5.96. The number of aliphatic imine (C=N–C) groups is 1. The smallest absolute Gasteiger partial charge is 0.154 e. The molecule has 28 heavy (non-hydrogen) atoms. The van der Waals surface area contributed by atoms with E-state index in [4.69, 9.17) is 26.4 Å². The largest absolute Gasteiger partial charge is 0.454 e. The molecule has 0 atom stereocenters. The first kappa shape index (κ1) is 18.3. The lowest BCUT2D eigenvalue weighted by Crippen LogP contribution is -2.28. The summed E-state index contributed by atoms with van der Waals surface area (Å²) in [6.45, 7) is 2.81. The maximum Gasteiger partial charge on any atom is 0.154 e. The van der Waals surface area contributed by atoms with Crippen LogP contribution in [0.25, 0.3) is 21.9 Å². The molecule has 1 aromatic heterocycles. The summed E-state index contributed by atoms with van der Waals surface area (Å²) in [4.78, 5) is 6.72. The van der Waals surface area contributed by atoms with Gasteiger partial charge in [0.2, 0.25) is 0 Å². The van der Waals surface area contributed by atoms with Crippen LogP contribution >= 0.6 is 11.6 Å². The molecule has 0 aliphatic heterocycles. The first-order chi connectivity index (χ1) is 13.6. The molecule has 4 nitrogen and oxygen atoms in total. The van der Waals surface area contributed by atoms with Gasteiger partial charge < -0.3 is 9.32 Å². The van der Waals surface area contributed by atoms with E-state index in [1.165, 1.54) is 0 Å². The van der Waals surface area contributed by atoms with E-state index in [-0.39, 0.29) is 5.84 Å². The predicted molar refractivity (Wildman–Crippen MR) is 117 cm³/mol. The van der Waals surface area contributed by atoms with Gasteiger partial charge in [-0.2, -0.15) is 0 Å². The highest BCUT2D eigenvalue weighted by Gasteiger charge is 2.19. The van der Waals surface area contributed by atoms with Crippen molar-refractivity contribution in [1.82, 2.24) is 4.90 Å². The second-order valence-electron chi connectivity index (χ2n) is 6.56. The highest BCUT2D eigenvalue weighted by atomic mass is 35.5. The zero-order valence-electron chi connectivity index (χ0n) is 15.7. The summed E-state index contributed by atoms with van der Waals surface area (Å²) < 4.78 is 6.02. The normalized spacial score (nSPS) is 11.9. The fraction of sp³-hybridized carbons (Fsp3) is 0.130. The van der Waals surface area contributed by atoms with E-state index in [0.29, 0.717) is 16.4 Å². The summed E-state index contributed by atoms with van der Waals surface area (Å²) >= 11 is 6.43. The number of nitrogens with one attached hydrogen (secondary N) is 1. The standard InChI is InChI=1S/C23H20ClN3O/c1-3-27(2)23(26-22(25)15-9-5-4-6-10-15)17-13-14-18(24)21-20(17)16-11-7-8-12-19(16)28-21/h4-14,25H,3H2,1-2H3. The summed E-state index contributed by atoms with van der Waals surface area (Å²) in [7, 11) is 1.97. The summed E-state index contributed by atoms with van der Waals surface area (Å²) in [5.41, 5.74) is 3.09. The van der Waals surface area contributed by atoms with Crippen LogP contribution in [0.4, 0.5) is 0 Å². The van der Waals surface area contributed by atoms with Gasteiger partial charge in [-0.3, -0.25) is 5.41 Å². The van der Waals surface area contributed by atoms with Crippen LogP contribution in [0.2, 0.25) is 5.02 Å². The van der Waals surface area contributed by atoms with Gasteiger partial charge in [0, 0.05) is 35.5 Å². The van der Waals surface area contributed by atoms with Crippen LogP contribution in [-0.4, -0.2) is 30.2 Å². The van der Waals surface area contributed by atoms with E-state index in [2.05, 4.69) is 6.92 Å².